The van der Waals surface area contributed by atoms with Gasteiger partial charge in [-0.1, -0.05) is 67.1 Å². The van der Waals surface area contributed by atoms with E-state index >= 15 is 0 Å². The minimum Gasteiger partial charge on any atom is -0.468 e. The van der Waals surface area contributed by atoms with Gasteiger partial charge in [0.25, 0.3) is 5.91 Å². The molecule has 3 amide bonds. The molecule has 10 heteroatoms. The molecule has 3 aromatic carbocycles. The first kappa shape index (κ1) is 27.4. The van der Waals surface area contributed by atoms with Gasteiger partial charge in [-0.2, -0.15) is 0 Å². The average Bonchev–Trinajstić information content (AvgIpc) is 2.93. The number of rotatable bonds is 13. The van der Waals surface area contributed by atoms with E-state index in [1.807, 2.05) is 60.7 Å². The van der Waals surface area contributed by atoms with E-state index in [-0.39, 0.29) is 30.6 Å². The van der Waals surface area contributed by atoms with E-state index in [1.165, 1.54) is 0 Å². The van der Waals surface area contributed by atoms with Gasteiger partial charge in [-0.05, 0) is 41.3 Å². The first-order chi connectivity index (χ1) is 18.9. The molecule has 0 radical (unpaired) electrons. The normalized spacial score (nSPS) is 16.9. The summed E-state index contributed by atoms with van der Waals surface area (Å²) >= 11 is 0. The Kier molecular flexibility index (Phi) is 9.34. The summed E-state index contributed by atoms with van der Waals surface area (Å²) in [6, 6.07) is 21.1. The quantitative estimate of drug-likeness (QED) is 0.0979. The van der Waals surface area contributed by atoms with E-state index in [4.69, 9.17) is 16.2 Å². The van der Waals surface area contributed by atoms with Gasteiger partial charge in [-0.3, -0.25) is 19.4 Å². The number of hydrogen-bond acceptors (Lipinski definition) is 5. The number of amides is 3. The highest BCUT2D eigenvalue weighted by atomic mass is 16.5. The zero-order valence-corrected chi connectivity index (χ0v) is 21.6. The molecule has 1 aliphatic heterocycles. The summed E-state index contributed by atoms with van der Waals surface area (Å²) in [6.45, 7) is 0.507. The van der Waals surface area contributed by atoms with E-state index < -0.39 is 24.2 Å². The summed E-state index contributed by atoms with van der Waals surface area (Å²) in [6.07, 6.45) is 1.98. The minimum absolute atomic E-state index is 0.0480. The highest BCUT2D eigenvalue weighted by Crippen LogP contribution is 2.18. The van der Waals surface area contributed by atoms with Crippen molar-refractivity contribution in [1.82, 2.24) is 16.0 Å². The Balaban J connectivity index is 1.40. The van der Waals surface area contributed by atoms with Crippen molar-refractivity contribution in [1.29, 1.82) is 0 Å². The number of aliphatic imine (C=N–C) groups is 1. The van der Waals surface area contributed by atoms with Crippen LogP contribution in [0.15, 0.2) is 77.8 Å². The Bertz CT molecular complexity index is 1330. The third-order valence-electron chi connectivity index (χ3n) is 6.44. The molecule has 39 heavy (non-hydrogen) atoms. The summed E-state index contributed by atoms with van der Waals surface area (Å²) in [4.78, 5) is 42.4. The van der Waals surface area contributed by atoms with Crippen LogP contribution in [0, 0.1) is 0 Å². The van der Waals surface area contributed by atoms with Gasteiger partial charge in [0.2, 0.25) is 18.0 Å². The number of carbonyl (C=O) groups excluding carboxylic acids is 3. The molecule has 0 bridgehead atoms. The number of hydrogen-bond donors (Lipinski definition) is 5. The fourth-order valence-corrected chi connectivity index (χ4v) is 4.35. The monoisotopic (exact) mass is 530 g/mol. The number of nitrogens with two attached hydrogens (primary N) is 2. The molecule has 3 aromatic rings. The van der Waals surface area contributed by atoms with Crippen molar-refractivity contribution in [3.63, 3.8) is 0 Å². The van der Waals surface area contributed by atoms with Gasteiger partial charge in [0.05, 0.1) is 0 Å². The van der Waals surface area contributed by atoms with Crippen molar-refractivity contribution in [2.24, 2.45) is 16.5 Å². The van der Waals surface area contributed by atoms with Crippen LogP contribution >= 0.6 is 0 Å². The second kappa shape index (κ2) is 13.3. The largest absolute Gasteiger partial charge is 0.468 e. The van der Waals surface area contributed by atoms with Gasteiger partial charge in [-0.15, -0.1) is 0 Å². The molecule has 1 aliphatic rings. The number of nitrogens with one attached hydrogen (secondary N) is 3. The van der Waals surface area contributed by atoms with Gasteiger partial charge in [0.15, 0.2) is 12.0 Å². The fourth-order valence-electron chi connectivity index (χ4n) is 4.35. The standard InChI is InChI=1S/C29H34N6O4/c30-29(31)32-16-8-2-5-13-24(36)33-23(18-19-14-15-20-9-6-7-10-21(20)17-19)26(37)34-25-27(38)35-28(25)39-22-11-3-1-4-12-22/h1,3-4,6-7,9-12,14-15,17,23,25,28H,2,5,8,13,16,18H2,(H,33,36)(H,34,37)(H,35,38)(H4,30,31,32). The van der Waals surface area contributed by atoms with Crippen molar-refractivity contribution in [3.05, 3.63) is 78.4 Å². The summed E-state index contributed by atoms with van der Waals surface area (Å²) < 4.78 is 5.80. The topological polar surface area (TPSA) is 161 Å². The molecule has 0 saturated carbocycles. The number of benzene rings is 3. The molecule has 3 unspecified atom stereocenters. The molecule has 0 spiro atoms. The highest BCUT2D eigenvalue weighted by Gasteiger charge is 2.43. The maximum atomic E-state index is 13.4. The van der Waals surface area contributed by atoms with Crippen LogP contribution in [0.25, 0.3) is 10.8 Å². The van der Waals surface area contributed by atoms with Crippen molar-refractivity contribution in [2.45, 2.75) is 50.4 Å². The molecule has 3 atom stereocenters. The zero-order chi connectivity index (χ0) is 27.6. The number of para-hydroxylation sites is 1. The Morgan fingerprint density at radius 2 is 1.69 bits per heavy atom. The predicted molar refractivity (Wildman–Crippen MR) is 150 cm³/mol. The summed E-state index contributed by atoms with van der Waals surface area (Å²) in [7, 11) is 0. The maximum absolute atomic E-state index is 13.4. The van der Waals surface area contributed by atoms with Crippen LogP contribution in [0.4, 0.5) is 0 Å². The van der Waals surface area contributed by atoms with E-state index in [0.29, 0.717) is 18.7 Å². The van der Waals surface area contributed by atoms with E-state index in [9.17, 15) is 14.4 Å². The molecule has 0 aromatic heterocycles. The number of fused-ring (bicyclic) bond motifs is 1. The molecule has 4 rings (SSSR count). The molecule has 0 aliphatic carbocycles. The van der Waals surface area contributed by atoms with Gasteiger partial charge in [-0.25, -0.2) is 0 Å². The predicted octanol–water partition coefficient (Wildman–Crippen LogP) is 1.72. The number of unbranched alkanes of at least 4 members (excludes halogenated alkanes) is 2. The second-order valence-electron chi connectivity index (χ2n) is 9.47. The van der Waals surface area contributed by atoms with E-state index in [1.54, 1.807) is 12.1 Å². The van der Waals surface area contributed by atoms with Gasteiger partial charge in [0, 0.05) is 19.4 Å². The fraction of sp³-hybridized carbons (Fsp3) is 0.310. The van der Waals surface area contributed by atoms with Crippen molar-refractivity contribution in [2.75, 3.05) is 6.54 Å². The van der Waals surface area contributed by atoms with Crippen LogP contribution in [-0.2, 0) is 20.8 Å². The van der Waals surface area contributed by atoms with Crippen molar-refractivity contribution < 1.29 is 19.1 Å². The molecule has 7 N–H and O–H groups in total. The van der Waals surface area contributed by atoms with Crippen LogP contribution < -0.4 is 32.2 Å². The molecule has 10 nitrogen and oxygen atoms in total. The second-order valence-corrected chi connectivity index (χ2v) is 9.47. The Morgan fingerprint density at radius 3 is 2.44 bits per heavy atom. The smallest absolute Gasteiger partial charge is 0.251 e. The van der Waals surface area contributed by atoms with Crippen LogP contribution in [0.5, 0.6) is 5.75 Å². The van der Waals surface area contributed by atoms with Crippen LogP contribution in [0.3, 0.4) is 0 Å². The van der Waals surface area contributed by atoms with Crippen LogP contribution in [-0.4, -0.2) is 48.5 Å². The van der Waals surface area contributed by atoms with Crippen molar-refractivity contribution in [3.8, 4) is 5.75 Å². The molecular formula is C29H34N6O4. The molecule has 1 saturated heterocycles. The van der Waals surface area contributed by atoms with Crippen molar-refractivity contribution >= 4 is 34.5 Å². The lowest BCUT2D eigenvalue weighted by molar-refractivity contribution is -0.144. The van der Waals surface area contributed by atoms with Crippen LogP contribution in [0.2, 0.25) is 0 Å². The summed E-state index contributed by atoms with van der Waals surface area (Å²) in [5.41, 5.74) is 11.5. The number of guanidine groups is 1. The number of β-lactam (4-membered cyclic amide) rings is 1. The SMILES string of the molecule is NC(N)=NCCCCCC(=O)NC(Cc1ccc2ccccc2c1)C(=O)NC1C(=O)NC1Oc1ccccc1. The van der Waals surface area contributed by atoms with Gasteiger partial charge in [0.1, 0.15) is 11.8 Å². The first-order valence-corrected chi connectivity index (χ1v) is 13.0. The number of carbonyl (C=O) groups is 3. The van der Waals surface area contributed by atoms with Gasteiger partial charge < -0.3 is 32.2 Å². The van der Waals surface area contributed by atoms with Gasteiger partial charge >= 0.3 is 0 Å². The molecule has 204 valence electrons. The Morgan fingerprint density at radius 1 is 0.949 bits per heavy atom. The Hall–Kier alpha value is -4.60. The minimum atomic E-state index is -0.871. The molecular weight excluding hydrogens is 496 g/mol. The summed E-state index contributed by atoms with van der Waals surface area (Å²) in [5.74, 6) is -0.422. The lowest BCUT2D eigenvalue weighted by atomic mass is 10.00. The lowest BCUT2D eigenvalue weighted by Gasteiger charge is -2.37. The molecule has 1 heterocycles. The van der Waals surface area contributed by atoms with E-state index in [2.05, 4.69) is 20.9 Å². The third kappa shape index (κ3) is 7.94. The maximum Gasteiger partial charge on any atom is 0.251 e. The molecule has 1 fully saturated rings. The first-order valence-electron chi connectivity index (χ1n) is 13.0. The Labute approximate surface area is 227 Å². The zero-order valence-electron chi connectivity index (χ0n) is 21.6. The van der Waals surface area contributed by atoms with E-state index in [0.717, 1.165) is 29.2 Å². The van der Waals surface area contributed by atoms with Crippen LogP contribution in [0.1, 0.15) is 31.2 Å². The number of ether oxygens (including phenoxy) is 1. The number of nitrogens with zero attached hydrogens (tertiary/aromatic N) is 1. The third-order valence-corrected chi connectivity index (χ3v) is 6.44. The average molecular weight is 531 g/mol. The summed E-state index contributed by atoms with van der Waals surface area (Å²) in [5, 5.41) is 10.4. The highest BCUT2D eigenvalue weighted by molar-refractivity contribution is 5.95. The lowest BCUT2D eigenvalue weighted by Crippen LogP contribution is -2.72.